The Kier molecular flexibility index (Phi) is 7.36. The minimum absolute atomic E-state index is 0.0205. The van der Waals surface area contributed by atoms with E-state index in [9.17, 15) is 14.8 Å². The zero-order valence-electron chi connectivity index (χ0n) is 21.4. The second kappa shape index (κ2) is 11.1. The first-order valence-electron chi connectivity index (χ1n) is 12.9. The SMILES string of the molecule is COCCCN1C(=O)c2cccc3c(NC(=O)C4CCCN(SN(O)c5cccc6nsnc56)C4)ccc1c23. The maximum Gasteiger partial charge on any atom is 0.258 e. The maximum atomic E-state index is 13.4. The second-order valence-electron chi connectivity index (χ2n) is 9.64. The topological polar surface area (TPSA) is 111 Å². The normalized spacial score (nSPS) is 17.3. The number of carbonyl (C=O) groups excluding carboxylic acids is 2. The molecule has 1 saturated heterocycles. The predicted octanol–water partition coefficient (Wildman–Crippen LogP) is 4.95. The van der Waals surface area contributed by atoms with Gasteiger partial charge in [0.2, 0.25) is 5.91 Å². The molecule has 3 aromatic carbocycles. The summed E-state index contributed by atoms with van der Waals surface area (Å²) in [5.41, 5.74) is 4.17. The molecule has 0 spiro atoms. The first-order valence-corrected chi connectivity index (χ1v) is 14.3. The van der Waals surface area contributed by atoms with Crippen LogP contribution in [0, 0.1) is 5.92 Å². The Morgan fingerprint density at radius 3 is 2.97 bits per heavy atom. The predicted molar refractivity (Wildman–Crippen MR) is 154 cm³/mol. The summed E-state index contributed by atoms with van der Waals surface area (Å²) in [6.45, 7) is 2.40. The number of nitrogens with zero attached hydrogens (tertiary/aromatic N) is 5. The van der Waals surface area contributed by atoms with Crippen LogP contribution in [0.25, 0.3) is 21.8 Å². The van der Waals surface area contributed by atoms with Gasteiger partial charge in [-0.15, -0.1) is 0 Å². The van der Waals surface area contributed by atoms with E-state index in [2.05, 4.69) is 14.1 Å². The van der Waals surface area contributed by atoms with Crippen LogP contribution in [0.4, 0.5) is 17.1 Å². The monoisotopic (exact) mass is 564 g/mol. The zero-order valence-corrected chi connectivity index (χ0v) is 23.0. The first-order chi connectivity index (χ1) is 19.0. The average Bonchev–Trinajstić information content (AvgIpc) is 3.54. The van der Waals surface area contributed by atoms with Crippen molar-refractivity contribution in [1.82, 2.24) is 13.1 Å². The number of carbonyl (C=O) groups is 2. The molecule has 6 rings (SSSR count). The van der Waals surface area contributed by atoms with Crippen LogP contribution in [0.3, 0.4) is 0 Å². The van der Waals surface area contributed by atoms with E-state index < -0.39 is 0 Å². The van der Waals surface area contributed by atoms with E-state index in [1.54, 1.807) is 18.1 Å². The Balaban J connectivity index is 1.16. The van der Waals surface area contributed by atoms with Crippen LogP contribution in [-0.2, 0) is 9.53 Å². The van der Waals surface area contributed by atoms with Crippen molar-refractivity contribution in [1.29, 1.82) is 0 Å². The van der Waals surface area contributed by atoms with Crippen LogP contribution in [0.2, 0.25) is 0 Å². The lowest BCUT2D eigenvalue weighted by atomic mass is 9.98. The Morgan fingerprint density at radius 1 is 1.23 bits per heavy atom. The summed E-state index contributed by atoms with van der Waals surface area (Å²) in [4.78, 5) is 28.3. The van der Waals surface area contributed by atoms with Gasteiger partial charge in [0.1, 0.15) is 16.7 Å². The number of anilines is 3. The van der Waals surface area contributed by atoms with Crippen LogP contribution < -0.4 is 14.7 Å². The van der Waals surface area contributed by atoms with E-state index >= 15 is 0 Å². The summed E-state index contributed by atoms with van der Waals surface area (Å²) in [6, 6.07) is 14.9. The van der Waals surface area contributed by atoms with Crippen molar-refractivity contribution in [2.45, 2.75) is 19.3 Å². The van der Waals surface area contributed by atoms with Crippen LogP contribution in [0.5, 0.6) is 0 Å². The highest BCUT2D eigenvalue weighted by molar-refractivity contribution is 7.98. The highest BCUT2D eigenvalue weighted by atomic mass is 32.2. The van der Waals surface area contributed by atoms with Gasteiger partial charge in [0.05, 0.1) is 35.5 Å². The summed E-state index contributed by atoms with van der Waals surface area (Å²) >= 11 is 2.28. The maximum absolute atomic E-state index is 13.4. The first kappa shape index (κ1) is 26.0. The smallest absolute Gasteiger partial charge is 0.258 e. The van der Waals surface area contributed by atoms with Crippen LogP contribution in [-0.4, -0.2) is 63.4 Å². The molecule has 2 N–H and O–H groups in total. The van der Waals surface area contributed by atoms with Gasteiger partial charge < -0.3 is 15.0 Å². The Bertz CT molecular complexity index is 1550. The summed E-state index contributed by atoms with van der Waals surface area (Å²) in [6.07, 6.45) is 2.33. The number of fused-ring (bicyclic) bond motifs is 1. The third-order valence-corrected chi connectivity index (χ3v) is 8.65. The molecule has 0 bridgehead atoms. The van der Waals surface area contributed by atoms with Gasteiger partial charge in [0.15, 0.2) is 0 Å². The molecule has 2 amide bonds. The summed E-state index contributed by atoms with van der Waals surface area (Å²) < 4.78 is 16.8. The highest BCUT2D eigenvalue weighted by Crippen LogP contribution is 2.41. The van der Waals surface area contributed by atoms with Crippen molar-refractivity contribution >= 4 is 74.5 Å². The fourth-order valence-corrected chi connectivity index (χ4v) is 6.77. The molecule has 0 saturated carbocycles. The summed E-state index contributed by atoms with van der Waals surface area (Å²) in [5.74, 6) is -0.336. The molecule has 1 unspecified atom stereocenters. The van der Waals surface area contributed by atoms with Crippen molar-refractivity contribution in [2.75, 3.05) is 48.0 Å². The quantitative estimate of drug-likeness (QED) is 0.166. The number of hydrogen-bond acceptors (Lipinski definition) is 10. The molecule has 10 nitrogen and oxygen atoms in total. The third-order valence-electron chi connectivity index (χ3n) is 7.19. The molecule has 0 radical (unpaired) electrons. The highest BCUT2D eigenvalue weighted by Gasteiger charge is 2.32. The average molecular weight is 565 g/mol. The molecule has 3 heterocycles. The third kappa shape index (κ3) is 4.94. The largest absolute Gasteiger partial charge is 0.385 e. The molecule has 39 heavy (non-hydrogen) atoms. The van der Waals surface area contributed by atoms with Gasteiger partial charge in [-0.05, 0) is 49.6 Å². The van der Waals surface area contributed by atoms with Crippen LogP contribution in [0.15, 0.2) is 48.5 Å². The Labute approximate surface area is 234 Å². The Hall–Kier alpha value is -3.29. The van der Waals surface area contributed by atoms with E-state index in [1.165, 1.54) is 12.1 Å². The lowest BCUT2D eigenvalue weighted by Crippen LogP contribution is -2.39. The number of piperidine rings is 1. The number of benzene rings is 3. The fourth-order valence-electron chi connectivity index (χ4n) is 5.31. The minimum Gasteiger partial charge on any atom is -0.385 e. The van der Waals surface area contributed by atoms with E-state index in [0.29, 0.717) is 42.2 Å². The fraction of sp³-hybridized carbons (Fsp3) is 0.333. The van der Waals surface area contributed by atoms with E-state index in [-0.39, 0.29) is 17.7 Å². The van der Waals surface area contributed by atoms with Crippen molar-refractivity contribution in [2.24, 2.45) is 5.92 Å². The molecule has 4 aromatic rings. The lowest BCUT2D eigenvalue weighted by Gasteiger charge is -2.32. The number of hydrogen-bond donors (Lipinski definition) is 2. The molecule has 12 heteroatoms. The van der Waals surface area contributed by atoms with Crippen molar-refractivity contribution in [3.8, 4) is 0 Å². The molecule has 2 aliphatic rings. The summed E-state index contributed by atoms with van der Waals surface area (Å²) in [5, 5.41) is 15.6. The van der Waals surface area contributed by atoms with E-state index in [1.807, 2.05) is 46.8 Å². The number of methoxy groups -OCH3 is 1. The van der Waals surface area contributed by atoms with Crippen molar-refractivity contribution in [3.63, 3.8) is 0 Å². The molecule has 2 aliphatic heterocycles. The molecule has 0 aliphatic carbocycles. The van der Waals surface area contributed by atoms with Gasteiger partial charge in [-0.2, -0.15) is 13.2 Å². The van der Waals surface area contributed by atoms with Crippen LogP contribution >= 0.6 is 23.9 Å². The zero-order chi connectivity index (χ0) is 26.9. The minimum atomic E-state index is -0.244. The van der Waals surface area contributed by atoms with Crippen molar-refractivity contribution in [3.05, 3.63) is 54.1 Å². The molecule has 202 valence electrons. The van der Waals surface area contributed by atoms with E-state index in [0.717, 1.165) is 64.0 Å². The molecular formula is C27H28N6O4S2. The Morgan fingerprint density at radius 2 is 2.10 bits per heavy atom. The van der Waals surface area contributed by atoms with Crippen LogP contribution in [0.1, 0.15) is 29.6 Å². The summed E-state index contributed by atoms with van der Waals surface area (Å²) in [7, 11) is 1.65. The van der Waals surface area contributed by atoms with Gasteiger partial charge in [-0.3, -0.25) is 14.8 Å². The van der Waals surface area contributed by atoms with E-state index in [4.69, 9.17) is 4.74 Å². The molecule has 1 aromatic heterocycles. The number of aromatic nitrogens is 2. The van der Waals surface area contributed by atoms with Gasteiger partial charge >= 0.3 is 0 Å². The standard InChI is InChI=1S/C27H28N6O4S2/c1-37-15-5-14-32-22-12-11-20(18-7-2-8-19(24(18)22)27(32)35)28-26(34)17-6-4-13-31(16-17)39-33(36)23-10-3-9-21-25(23)30-38-29-21/h2-3,7-12,17,36H,4-6,13-16H2,1H3,(H,28,34). The van der Waals surface area contributed by atoms with Gasteiger partial charge in [0.25, 0.3) is 5.91 Å². The molecule has 1 atom stereocenters. The van der Waals surface area contributed by atoms with Gasteiger partial charge in [0, 0.05) is 55.4 Å². The number of amides is 2. The van der Waals surface area contributed by atoms with Crippen molar-refractivity contribution < 1.29 is 19.5 Å². The van der Waals surface area contributed by atoms with Gasteiger partial charge in [-0.25, -0.2) is 4.31 Å². The molecular weight excluding hydrogens is 536 g/mol. The molecule has 1 fully saturated rings. The van der Waals surface area contributed by atoms with Gasteiger partial charge in [-0.1, -0.05) is 18.2 Å². The number of nitrogens with one attached hydrogen (secondary N) is 1. The lowest BCUT2D eigenvalue weighted by molar-refractivity contribution is -0.120. The number of rotatable bonds is 9. The second-order valence-corrected chi connectivity index (χ2v) is 11.2. The number of ether oxygens (including phenoxy) is 1.